The number of hydrogen-bond acceptors (Lipinski definition) is 4. The number of rotatable bonds is 7. The molecule has 0 aliphatic heterocycles. The molecular weight excluding hydrogens is 308 g/mol. The summed E-state index contributed by atoms with van der Waals surface area (Å²) in [6.07, 6.45) is -1.76. The normalized spacial score (nSPS) is 15.5. The average Bonchev–Trinajstić information content (AvgIpc) is 3.20. The molecule has 0 saturated heterocycles. The first-order valence-electron chi connectivity index (χ1n) is 6.63. The molecule has 0 unspecified atom stereocenters. The predicted molar refractivity (Wildman–Crippen MR) is 74.8 cm³/mol. The summed E-state index contributed by atoms with van der Waals surface area (Å²) >= 11 is 0.976. The van der Waals surface area contributed by atoms with Crippen LogP contribution in [0.1, 0.15) is 47.3 Å². The third-order valence-corrected chi connectivity index (χ3v) is 4.57. The van der Waals surface area contributed by atoms with Crippen molar-refractivity contribution >= 4 is 27.8 Å². The lowest BCUT2D eigenvalue weighted by molar-refractivity contribution is -0.117. The quantitative estimate of drug-likeness (QED) is 0.586. The zero-order chi connectivity index (χ0) is 15.8. The topological polar surface area (TPSA) is 55.1 Å². The van der Waals surface area contributed by atoms with Crippen molar-refractivity contribution in [2.45, 2.75) is 44.5 Å². The lowest BCUT2D eigenvalue weighted by atomic mass is 10.1. The van der Waals surface area contributed by atoms with E-state index in [2.05, 4.69) is 5.32 Å². The monoisotopic (exact) mass is 324 g/mol. The number of nitrogens with two attached hydrogens (primary N) is 1. The van der Waals surface area contributed by atoms with Gasteiger partial charge in [-0.25, -0.2) is 8.78 Å². The average molecular weight is 324 g/mol. The van der Waals surface area contributed by atoms with Crippen LogP contribution in [0.3, 0.4) is 0 Å². The Kier molecular flexibility index (Phi) is 4.46. The molecule has 1 aromatic rings. The maximum Gasteiger partial charge on any atom is 0.324 e. The molecule has 1 aromatic heterocycles. The highest BCUT2D eigenvalue weighted by molar-refractivity contribution is 7.18. The van der Waals surface area contributed by atoms with Gasteiger partial charge in [0, 0.05) is 12.0 Å². The molecule has 21 heavy (non-hydrogen) atoms. The maximum atomic E-state index is 13.0. The fourth-order valence-corrected chi connectivity index (χ4v) is 3.22. The van der Waals surface area contributed by atoms with Gasteiger partial charge in [-0.15, -0.1) is 11.3 Å². The molecular formula is C13H16F4N2OS. The highest BCUT2D eigenvalue weighted by Gasteiger charge is 2.41. The van der Waals surface area contributed by atoms with E-state index in [4.69, 9.17) is 5.73 Å². The summed E-state index contributed by atoms with van der Waals surface area (Å²) in [7, 11) is 0. The number of anilines is 2. The van der Waals surface area contributed by atoms with Gasteiger partial charge in [-0.05, 0) is 18.8 Å². The highest BCUT2D eigenvalue weighted by atomic mass is 32.1. The number of alkyl halides is 4. The first-order chi connectivity index (χ1) is 9.77. The molecule has 1 aliphatic carbocycles. The van der Waals surface area contributed by atoms with Crippen molar-refractivity contribution in [1.82, 2.24) is 0 Å². The van der Waals surface area contributed by atoms with Crippen molar-refractivity contribution in [2.75, 3.05) is 17.6 Å². The number of halogens is 4. The minimum absolute atomic E-state index is 0.127. The summed E-state index contributed by atoms with van der Waals surface area (Å²) in [6, 6.07) is 0. The third kappa shape index (κ3) is 3.30. The Morgan fingerprint density at radius 1 is 1.48 bits per heavy atom. The summed E-state index contributed by atoms with van der Waals surface area (Å²) < 4.78 is 50.4. The smallest absolute Gasteiger partial charge is 0.324 e. The molecule has 0 atom stereocenters. The van der Waals surface area contributed by atoms with Crippen LogP contribution >= 0.6 is 11.3 Å². The zero-order valence-corrected chi connectivity index (χ0v) is 12.2. The number of ketones is 1. The lowest BCUT2D eigenvalue weighted by Crippen LogP contribution is -2.34. The van der Waals surface area contributed by atoms with E-state index >= 15 is 0 Å². The minimum Gasteiger partial charge on any atom is -0.397 e. The van der Waals surface area contributed by atoms with Gasteiger partial charge in [0.15, 0.2) is 5.78 Å². The van der Waals surface area contributed by atoms with Gasteiger partial charge >= 0.3 is 12.3 Å². The number of carbonyl (C=O) groups excluding carboxylic acids is 1. The second kappa shape index (κ2) is 5.82. The molecule has 8 heteroatoms. The number of hydrogen-bond donors (Lipinski definition) is 2. The van der Waals surface area contributed by atoms with Crippen molar-refractivity contribution in [3.05, 3.63) is 10.4 Å². The van der Waals surface area contributed by atoms with Gasteiger partial charge < -0.3 is 11.1 Å². The van der Waals surface area contributed by atoms with Crippen molar-refractivity contribution in [2.24, 2.45) is 0 Å². The van der Waals surface area contributed by atoms with Gasteiger partial charge in [-0.3, -0.25) is 4.79 Å². The fourth-order valence-electron chi connectivity index (χ4n) is 2.01. The van der Waals surface area contributed by atoms with Crippen LogP contribution in [0.4, 0.5) is 28.3 Å². The van der Waals surface area contributed by atoms with Gasteiger partial charge in [-0.1, -0.05) is 6.92 Å². The van der Waals surface area contributed by atoms with Crippen LogP contribution in [0.2, 0.25) is 0 Å². The van der Waals surface area contributed by atoms with Gasteiger partial charge in [0.05, 0.1) is 22.1 Å². The Labute approximate surface area is 123 Å². The van der Waals surface area contributed by atoms with E-state index in [-0.39, 0.29) is 18.1 Å². The van der Waals surface area contributed by atoms with E-state index in [0.717, 1.165) is 24.2 Å². The molecule has 118 valence electrons. The third-order valence-electron chi connectivity index (χ3n) is 3.35. The number of thiophene rings is 1. The Hall–Kier alpha value is -1.31. The van der Waals surface area contributed by atoms with Crippen LogP contribution in [-0.4, -0.2) is 24.7 Å². The van der Waals surface area contributed by atoms with Gasteiger partial charge in [0.2, 0.25) is 0 Å². The van der Waals surface area contributed by atoms with E-state index in [0.29, 0.717) is 21.1 Å². The van der Waals surface area contributed by atoms with Gasteiger partial charge in [0.25, 0.3) is 0 Å². The number of nitrogen functional groups attached to an aromatic ring is 1. The molecule has 0 spiro atoms. The number of nitrogens with one attached hydrogen (secondary N) is 1. The van der Waals surface area contributed by atoms with Crippen LogP contribution in [0.5, 0.6) is 0 Å². The van der Waals surface area contributed by atoms with Crippen LogP contribution in [-0.2, 0) is 0 Å². The summed E-state index contributed by atoms with van der Waals surface area (Å²) in [5.74, 6) is -4.16. The van der Waals surface area contributed by atoms with Crippen LogP contribution < -0.4 is 11.1 Å². The second-order valence-electron chi connectivity index (χ2n) is 5.05. The predicted octanol–water partition coefficient (Wildman–Crippen LogP) is 4.11. The summed E-state index contributed by atoms with van der Waals surface area (Å²) in [6.45, 7) is 0.500. The van der Waals surface area contributed by atoms with E-state index in [1.54, 1.807) is 6.92 Å². The summed E-state index contributed by atoms with van der Waals surface area (Å²) in [5, 5.41) is 2.66. The molecule has 1 aliphatic rings. The highest BCUT2D eigenvalue weighted by Crippen LogP contribution is 2.51. The van der Waals surface area contributed by atoms with Crippen LogP contribution in [0.25, 0.3) is 0 Å². The Morgan fingerprint density at radius 3 is 2.57 bits per heavy atom. The second-order valence-corrected chi connectivity index (χ2v) is 6.07. The van der Waals surface area contributed by atoms with Crippen molar-refractivity contribution in [3.63, 3.8) is 0 Å². The van der Waals surface area contributed by atoms with E-state index in [9.17, 15) is 22.4 Å². The molecule has 0 aromatic carbocycles. The number of carbonyl (C=O) groups is 1. The van der Waals surface area contributed by atoms with Crippen LogP contribution in [0, 0.1) is 0 Å². The molecule has 1 fully saturated rings. The molecule has 3 nitrogen and oxygen atoms in total. The molecule has 2 rings (SSSR count). The van der Waals surface area contributed by atoms with Gasteiger partial charge in [-0.2, -0.15) is 8.78 Å². The van der Waals surface area contributed by atoms with E-state index in [1.165, 1.54) is 0 Å². The molecule has 1 saturated carbocycles. The maximum absolute atomic E-state index is 13.0. The molecule has 1 heterocycles. The Balaban J connectivity index is 2.24. The van der Waals surface area contributed by atoms with Crippen molar-refractivity contribution in [1.29, 1.82) is 0 Å². The molecule has 0 bridgehead atoms. The molecule has 3 N–H and O–H groups in total. The Morgan fingerprint density at radius 2 is 2.10 bits per heavy atom. The lowest BCUT2D eigenvalue weighted by Gasteiger charge is -2.16. The van der Waals surface area contributed by atoms with Crippen LogP contribution in [0.15, 0.2) is 0 Å². The first kappa shape index (κ1) is 16.1. The Bertz CT molecular complexity index is 541. The van der Waals surface area contributed by atoms with Crippen molar-refractivity contribution < 1.29 is 22.4 Å². The van der Waals surface area contributed by atoms with E-state index < -0.39 is 18.9 Å². The largest absolute Gasteiger partial charge is 0.397 e. The van der Waals surface area contributed by atoms with Crippen molar-refractivity contribution in [3.8, 4) is 0 Å². The zero-order valence-electron chi connectivity index (χ0n) is 11.4. The standard InChI is InChI=1S/C13H16F4N2OS/c1-2-7(20)10-9(18)8(6-3-4-6)11(21-10)19-5-13(16,17)12(14)15/h6,12,19H,2-5,18H2,1H3. The SMILES string of the molecule is CCC(=O)c1sc(NCC(F)(F)C(F)F)c(C2CC2)c1N. The minimum atomic E-state index is -4.12. The first-order valence-corrected chi connectivity index (χ1v) is 7.44. The number of Topliss-reactive ketones (excluding diaryl/α,β-unsaturated/α-hetero) is 1. The summed E-state index contributed by atoms with van der Waals surface area (Å²) in [4.78, 5) is 12.1. The molecule has 0 amide bonds. The van der Waals surface area contributed by atoms with E-state index in [1.807, 2.05) is 0 Å². The van der Waals surface area contributed by atoms with Gasteiger partial charge in [0.1, 0.15) is 0 Å². The fraction of sp³-hybridized carbons (Fsp3) is 0.615. The molecule has 0 radical (unpaired) electrons. The summed E-state index contributed by atoms with van der Waals surface area (Å²) in [5.41, 5.74) is 6.86.